The number of benzene rings is 2. The van der Waals surface area contributed by atoms with E-state index in [4.69, 9.17) is 14.9 Å². The molecule has 96 valence electrons. The lowest BCUT2D eigenvalue weighted by atomic mass is 10.1. The predicted molar refractivity (Wildman–Crippen MR) is 75.2 cm³/mol. The molecule has 2 aromatic carbocycles. The van der Waals surface area contributed by atoms with Crippen molar-refractivity contribution in [1.29, 1.82) is 0 Å². The van der Waals surface area contributed by atoms with E-state index in [1.165, 1.54) is 0 Å². The van der Waals surface area contributed by atoms with Gasteiger partial charge < -0.3 is 14.9 Å². The molecule has 19 heavy (non-hydrogen) atoms. The van der Waals surface area contributed by atoms with E-state index in [9.17, 15) is 0 Å². The van der Waals surface area contributed by atoms with Crippen molar-refractivity contribution in [1.82, 2.24) is 0 Å². The van der Waals surface area contributed by atoms with Crippen LogP contribution in [-0.4, -0.2) is 7.11 Å². The Morgan fingerprint density at radius 3 is 2.58 bits per heavy atom. The molecule has 0 saturated carbocycles. The van der Waals surface area contributed by atoms with Crippen LogP contribution in [0.5, 0.6) is 5.75 Å². The summed E-state index contributed by atoms with van der Waals surface area (Å²) < 4.78 is 11.0. The lowest BCUT2D eigenvalue weighted by Gasteiger charge is -2.07. The minimum Gasteiger partial charge on any atom is -0.497 e. The Morgan fingerprint density at radius 1 is 1.05 bits per heavy atom. The molecule has 1 aromatic heterocycles. The van der Waals surface area contributed by atoms with Crippen LogP contribution < -0.4 is 10.5 Å². The van der Waals surface area contributed by atoms with Crippen molar-refractivity contribution in [3.63, 3.8) is 0 Å². The smallest absolute Gasteiger partial charge is 0.134 e. The summed E-state index contributed by atoms with van der Waals surface area (Å²) in [7, 11) is 1.65. The van der Waals surface area contributed by atoms with Gasteiger partial charge in [-0.05, 0) is 29.8 Å². The number of nitrogens with two attached hydrogens (primary N) is 1. The summed E-state index contributed by atoms with van der Waals surface area (Å²) in [6.45, 7) is 0. The van der Waals surface area contributed by atoms with Gasteiger partial charge in [-0.3, -0.25) is 0 Å². The lowest BCUT2D eigenvalue weighted by Crippen LogP contribution is -2.10. The maximum Gasteiger partial charge on any atom is 0.134 e. The highest BCUT2D eigenvalue weighted by atomic mass is 16.5. The molecule has 0 fully saturated rings. The molecule has 0 radical (unpaired) electrons. The van der Waals surface area contributed by atoms with Crippen molar-refractivity contribution < 1.29 is 9.15 Å². The standard InChI is InChI=1S/C16H15NO2/c1-18-13-7-8-14-12(9-13)10-15(19-14)16(17)11-5-3-2-4-6-11/h2-10,16H,17H2,1H3. The second-order valence-electron chi connectivity index (χ2n) is 4.44. The maximum atomic E-state index is 6.23. The molecular formula is C16H15NO2. The summed E-state index contributed by atoms with van der Waals surface area (Å²) in [5.41, 5.74) is 8.08. The summed E-state index contributed by atoms with van der Waals surface area (Å²) in [5.74, 6) is 1.57. The Bertz CT molecular complexity index is 688. The summed E-state index contributed by atoms with van der Waals surface area (Å²) in [5, 5.41) is 1.00. The van der Waals surface area contributed by atoms with E-state index in [0.717, 1.165) is 28.0 Å². The molecule has 3 rings (SSSR count). The number of hydrogen-bond acceptors (Lipinski definition) is 3. The zero-order chi connectivity index (χ0) is 13.2. The minimum absolute atomic E-state index is 0.250. The molecule has 0 bridgehead atoms. The maximum absolute atomic E-state index is 6.23. The van der Waals surface area contributed by atoms with Gasteiger partial charge in [-0.2, -0.15) is 0 Å². The molecule has 3 aromatic rings. The highest BCUT2D eigenvalue weighted by Gasteiger charge is 2.14. The van der Waals surface area contributed by atoms with Gasteiger partial charge >= 0.3 is 0 Å². The molecule has 1 unspecified atom stereocenters. The van der Waals surface area contributed by atoms with E-state index in [2.05, 4.69) is 0 Å². The van der Waals surface area contributed by atoms with E-state index in [1.54, 1.807) is 7.11 Å². The average molecular weight is 253 g/mol. The SMILES string of the molecule is COc1ccc2oc(C(N)c3ccccc3)cc2c1. The minimum atomic E-state index is -0.250. The summed E-state index contributed by atoms with van der Waals surface area (Å²) in [6.07, 6.45) is 0. The topological polar surface area (TPSA) is 48.4 Å². The molecule has 3 nitrogen and oxygen atoms in total. The molecule has 0 amide bonds. The number of fused-ring (bicyclic) bond motifs is 1. The third kappa shape index (κ3) is 2.20. The number of furan rings is 1. The Morgan fingerprint density at radius 2 is 1.84 bits per heavy atom. The van der Waals surface area contributed by atoms with Gasteiger partial charge in [-0.25, -0.2) is 0 Å². The van der Waals surface area contributed by atoms with Gasteiger partial charge in [-0.1, -0.05) is 30.3 Å². The summed E-state index contributed by atoms with van der Waals surface area (Å²) in [6, 6.07) is 17.4. The first-order valence-electron chi connectivity index (χ1n) is 6.16. The fourth-order valence-electron chi connectivity index (χ4n) is 2.15. The van der Waals surface area contributed by atoms with Crippen LogP contribution >= 0.6 is 0 Å². The number of methoxy groups -OCH3 is 1. The molecule has 0 aliphatic rings. The van der Waals surface area contributed by atoms with Crippen molar-refractivity contribution in [2.75, 3.05) is 7.11 Å². The zero-order valence-electron chi connectivity index (χ0n) is 10.7. The van der Waals surface area contributed by atoms with E-state index in [1.807, 2.05) is 54.6 Å². The molecule has 0 aliphatic carbocycles. The van der Waals surface area contributed by atoms with E-state index < -0.39 is 0 Å². The average Bonchev–Trinajstić information content (AvgIpc) is 2.90. The van der Waals surface area contributed by atoms with Crippen LogP contribution in [0, 0.1) is 0 Å². The monoisotopic (exact) mass is 253 g/mol. The van der Waals surface area contributed by atoms with E-state index in [-0.39, 0.29) is 6.04 Å². The fourth-order valence-corrected chi connectivity index (χ4v) is 2.15. The first-order valence-corrected chi connectivity index (χ1v) is 6.16. The van der Waals surface area contributed by atoms with Gasteiger partial charge in [0.05, 0.1) is 13.2 Å². The number of ether oxygens (including phenoxy) is 1. The predicted octanol–water partition coefficient (Wildman–Crippen LogP) is 3.49. The van der Waals surface area contributed by atoms with Crippen LogP contribution in [0.15, 0.2) is 59.0 Å². The van der Waals surface area contributed by atoms with Crippen LogP contribution in [0.4, 0.5) is 0 Å². The highest BCUT2D eigenvalue weighted by Crippen LogP contribution is 2.28. The molecule has 1 heterocycles. The van der Waals surface area contributed by atoms with Crippen LogP contribution in [0.2, 0.25) is 0 Å². The first-order chi connectivity index (χ1) is 9.28. The van der Waals surface area contributed by atoms with Crippen molar-refractivity contribution in [2.24, 2.45) is 5.73 Å². The molecule has 0 aliphatic heterocycles. The second-order valence-corrected chi connectivity index (χ2v) is 4.44. The summed E-state index contributed by atoms with van der Waals surface area (Å²) in [4.78, 5) is 0. The van der Waals surface area contributed by atoms with Crippen LogP contribution in [0.25, 0.3) is 11.0 Å². The van der Waals surface area contributed by atoms with E-state index >= 15 is 0 Å². The Kier molecular flexibility index (Phi) is 2.97. The van der Waals surface area contributed by atoms with Gasteiger partial charge in [0.25, 0.3) is 0 Å². The highest BCUT2D eigenvalue weighted by molar-refractivity contribution is 5.79. The van der Waals surface area contributed by atoms with Gasteiger partial charge in [0.1, 0.15) is 17.1 Å². The number of hydrogen-bond donors (Lipinski definition) is 1. The van der Waals surface area contributed by atoms with Crippen molar-refractivity contribution in [3.05, 3.63) is 65.9 Å². The second kappa shape index (κ2) is 4.78. The van der Waals surface area contributed by atoms with Crippen molar-refractivity contribution in [2.45, 2.75) is 6.04 Å². The van der Waals surface area contributed by atoms with Crippen LogP contribution in [0.3, 0.4) is 0 Å². The van der Waals surface area contributed by atoms with Gasteiger partial charge in [0.15, 0.2) is 0 Å². The molecule has 1 atom stereocenters. The third-order valence-corrected chi connectivity index (χ3v) is 3.21. The molecule has 0 spiro atoms. The Hall–Kier alpha value is -2.26. The third-order valence-electron chi connectivity index (χ3n) is 3.21. The fraction of sp³-hybridized carbons (Fsp3) is 0.125. The van der Waals surface area contributed by atoms with Crippen molar-refractivity contribution in [3.8, 4) is 5.75 Å². The number of rotatable bonds is 3. The van der Waals surface area contributed by atoms with E-state index in [0.29, 0.717) is 0 Å². The van der Waals surface area contributed by atoms with Crippen LogP contribution in [-0.2, 0) is 0 Å². The van der Waals surface area contributed by atoms with Gasteiger partial charge in [-0.15, -0.1) is 0 Å². The molecule has 2 N–H and O–H groups in total. The molecule has 3 heteroatoms. The first kappa shape index (κ1) is 11.8. The van der Waals surface area contributed by atoms with Crippen molar-refractivity contribution >= 4 is 11.0 Å². The quantitative estimate of drug-likeness (QED) is 0.777. The Balaban J connectivity index is 2.01. The largest absolute Gasteiger partial charge is 0.497 e. The molecule has 0 saturated heterocycles. The lowest BCUT2D eigenvalue weighted by molar-refractivity contribution is 0.415. The zero-order valence-corrected chi connectivity index (χ0v) is 10.7. The summed E-state index contributed by atoms with van der Waals surface area (Å²) >= 11 is 0. The molecular weight excluding hydrogens is 238 g/mol. The van der Waals surface area contributed by atoms with Gasteiger partial charge in [0, 0.05) is 5.39 Å². The van der Waals surface area contributed by atoms with Crippen LogP contribution in [0.1, 0.15) is 17.4 Å². The Labute approximate surface area is 111 Å². The normalized spacial score (nSPS) is 12.5. The van der Waals surface area contributed by atoms with Gasteiger partial charge in [0.2, 0.25) is 0 Å².